The van der Waals surface area contributed by atoms with Crippen molar-refractivity contribution in [2.75, 3.05) is 6.61 Å². The standard InChI is InChI=1S/C22H20ClN3O2S2/c1-3-8-28-19-10-24-16(9-18(19)27)11-29-21-20-17(14-4-6-15(23)7-5-14)12-30-22(20)26-13(2)25-21/h4-7,9-10,12H,3,8,11H2,1-2H3,(H,24,27). The number of rotatable bonds is 7. The van der Waals surface area contributed by atoms with E-state index in [9.17, 15) is 4.79 Å². The molecule has 0 unspecified atom stereocenters. The zero-order valence-electron chi connectivity index (χ0n) is 16.6. The fourth-order valence-electron chi connectivity index (χ4n) is 3.01. The van der Waals surface area contributed by atoms with Crippen LogP contribution >= 0.6 is 34.7 Å². The second kappa shape index (κ2) is 9.20. The maximum Gasteiger partial charge on any atom is 0.223 e. The van der Waals surface area contributed by atoms with Crippen molar-refractivity contribution >= 4 is 44.9 Å². The molecule has 4 aromatic rings. The van der Waals surface area contributed by atoms with E-state index in [0.717, 1.165) is 44.3 Å². The lowest BCUT2D eigenvalue weighted by Crippen LogP contribution is -2.09. The summed E-state index contributed by atoms with van der Waals surface area (Å²) in [5.74, 6) is 1.67. The summed E-state index contributed by atoms with van der Waals surface area (Å²) in [5, 5.41) is 4.74. The maximum atomic E-state index is 12.3. The number of ether oxygens (including phenoxy) is 1. The summed E-state index contributed by atoms with van der Waals surface area (Å²) in [6.45, 7) is 4.43. The Labute approximate surface area is 187 Å². The van der Waals surface area contributed by atoms with Crippen LogP contribution < -0.4 is 10.2 Å². The minimum Gasteiger partial charge on any atom is -0.488 e. The van der Waals surface area contributed by atoms with E-state index in [2.05, 4.69) is 20.3 Å². The first kappa shape index (κ1) is 20.9. The first-order chi connectivity index (χ1) is 14.5. The van der Waals surface area contributed by atoms with E-state index in [4.69, 9.17) is 16.3 Å². The van der Waals surface area contributed by atoms with Gasteiger partial charge in [0.25, 0.3) is 0 Å². The lowest BCUT2D eigenvalue weighted by atomic mass is 10.1. The SMILES string of the molecule is CCCOc1c[nH]c(CSc2nc(C)nc3scc(-c4ccc(Cl)cc4)c23)cc1=O. The highest BCUT2D eigenvalue weighted by Crippen LogP contribution is 2.39. The van der Waals surface area contributed by atoms with E-state index in [-0.39, 0.29) is 5.43 Å². The molecule has 0 radical (unpaired) electrons. The van der Waals surface area contributed by atoms with Crippen LogP contribution in [0.4, 0.5) is 0 Å². The van der Waals surface area contributed by atoms with Crippen molar-refractivity contribution in [1.29, 1.82) is 0 Å². The number of nitrogens with one attached hydrogen (secondary N) is 1. The van der Waals surface area contributed by atoms with Crippen LogP contribution in [0.3, 0.4) is 0 Å². The average Bonchev–Trinajstić information content (AvgIpc) is 3.15. The van der Waals surface area contributed by atoms with Crippen LogP contribution in [-0.2, 0) is 5.75 Å². The van der Waals surface area contributed by atoms with Gasteiger partial charge in [-0.1, -0.05) is 42.4 Å². The molecule has 0 amide bonds. The zero-order chi connectivity index (χ0) is 21.1. The third-order valence-electron chi connectivity index (χ3n) is 4.43. The van der Waals surface area contributed by atoms with E-state index in [1.165, 1.54) is 0 Å². The Bertz CT molecular complexity index is 1240. The first-order valence-electron chi connectivity index (χ1n) is 9.54. The number of hydrogen-bond donors (Lipinski definition) is 1. The summed E-state index contributed by atoms with van der Waals surface area (Å²) in [7, 11) is 0. The fourth-order valence-corrected chi connectivity index (χ4v) is 5.20. The molecule has 0 atom stereocenters. The van der Waals surface area contributed by atoms with E-state index in [1.54, 1.807) is 35.4 Å². The van der Waals surface area contributed by atoms with Crippen LogP contribution in [-0.4, -0.2) is 21.6 Å². The van der Waals surface area contributed by atoms with Crippen molar-refractivity contribution in [2.24, 2.45) is 0 Å². The Hall–Kier alpha value is -2.35. The number of aromatic amines is 1. The van der Waals surface area contributed by atoms with Crippen LogP contribution in [0.5, 0.6) is 5.75 Å². The fraction of sp³-hybridized carbons (Fsp3) is 0.227. The van der Waals surface area contributed by atoms with Crippen LogP contribution in [0, 0.1) is 6.92 Å². The zero-order valence-corrected chi connectivity index (χ0v) is 19.0. The van der Waals surface area contributed by atoms with E-state index >= 15 is 0 Å². The van der Waals surface area contributed by atoms with E-state index < -0.39 is 0 Å². The van der Waals surface area contributed by atoms with Gasteiger partial charge in [0.15, 0.2) is 5.75 Å². The molecule has 0 bridgehead atoms. The molecule has 0 aliphatic carbocycles. The Morgan fingerprint density at radius 1 is 1.23 bits per heavy atom. The van der Waals surface area contributed by atoms with Crippen molar-refractivity contribution in [3.05, 3.63) is 68.7 Å². The Kier molecular flexibility index (Phi) is 6.41. The highest BCUT2D eigenvalue weighted by atomic mass is 35.5. The number of aryl methyl sites for hydroxylation is 1. The number of fused-ring (bicyclic) bond motifs is 1. The summed E-state index contributed by atoms with van der Waals surface area (Å²) in [4.78, 5) is 25.7. The number of pyridine rings is 1. The molecule has 0 fully saturated rings. The van der Waals surface area contributed by atoms with Gasteiger partial charge in [0, 0.05) is 39.7 Å². The van der Waals surface area contributed by atoms with Gasteiger partial charge in [0.1, 0.15) is 15.7 Å². The molecule has 5 nitrogen and oxygen atoms in total. The molecule has 30 heavy (non-hydrogen) atoms. The summed E-state index contributed by atoms with van der Waals surface area (Å²) in [6.07, 6.45) is 2.50. The number of nitrogens with zero attached hydrogens (tertiary/aromatic N) is 2. The molecule has 4 rings (SSSR count). The van der Waals surface area contributed by atoms with Crippen molar-refractivity contribution < 1.29 is 4.74 Å². The molecular formula is C22H20ClN3O2S2. The molecule has 154 valence electrons. The van der Waals surface area contributed by atoms with Gasteiger partial charge in [-0.3, -0.25) is 4.79 Å². The van der Waals surface area contributed by atoms with Crippen molar-refractivity contribution in [2.45, 2.75) is 31.0 Å². The minimum atomic E-state index is -0.112. The second-order valence-electron chi connectivity index (χ2n) is 6.74. The lowest BCUT2D eigenvalue weighted by molar-refractivity contribution is 0.313. The predicted octanol–water partition coefficient (Wildman–Crippen LogP) is 6.09. The number of aromatic nitrogens is 3. The van der Waals surface area contributed by atoms with Crippen LogP contribution in [0.25, 0.3) is 21.3 Å². The molecule has 0 aliphatic heterocycles. The number of hydrogen-bond acceptors (Lipinski definition) is 6. The van der Waals surface area contributed by atoms with Crippen LogP contribution in [0.15, 0.2) is 51.7 Å². The minimum absolute atomic E-state index is 0.112. The number of halogens is 1. The molecule has 0 spiro atoms. The third-order valence-corrected chi connectivity index (χ3v) is 6.58. The van der Waals surface area contributed by atoms with E-state index in [1.807, 2.05) is 38.1 Å². The normalized spacial score (nSPS) is 11.2. The summed E-state index contributed by atoms with van der Waals surface area (Å²) in [5.41, 5.74) is 2.87. The third kappa shape index (κ3) is 4.53. The quantitative estimate of drug-likeness (QED) is 0.268. The van der Waals surface area contributed by atoms with Gasteiger partial charge < -0.3 is 9.72 Å². The molecule has 1 N–H and O–H groups in total. The highest BCUT2D eigenvalue weighted by molar-refractivity contribution is 7.98. The smallest absolute Gasteiger partial charge is 0.223 e. The molecule has 8 heteroatoms. The van der Waals surface area contributed by atoms with Crippen molar-refractivity contribution in [3.8, 4) is 16.9 Å². The molecule has 0 aliphatic rings. The van der Waals surface area contributed by atoms with Crippen LogP contribution in [0.1, 0.15) is 24.9 Å². The first-order valence-corrected chi connectivity index (χ1v) is 11.8. The number of thiophene rings is 1. The predicted molar refractivity (Wildman–Crippen MR) is 125 cm³/mol. The van der Waals surface area contributed by atoms with Gasteiger partial charge in [-0.2, -0.15) is 0 Å². The van der Waals surface area contributed by atoms with Gasteiger partial charge >= 0.3 is 0 Å². The number of thioether (sulfide) groups is 1. The molecule has 3 aromatic heterocycles. The number of H-pyrrole nitrogens is 1. The molecule has 3 heterocycles. The monoisotopic (exact) mass is 457 g/mol. The number of benzene rings is 1. The van der Waals surface area contributed by atoms with Gasteiger partial charge in [-0.15, -0.1) is 11.3 Å². The van der Waals surface area contributed by atoms with Gasteiger partial charge in [0.05, 0.1) is 12.0 Å². The average molecular weight is 458 g/mol. The van der Waals surface area contributed by atoms with Gasteiger partial charge in [-0.05, 0) is 31.0 Å². The molecule has 0 saturated carbocycles. The Morgan fingerprint density at radius 3 is 2.77 bits per heavy atom. The highest BCUT2D eigenvalue weighted by Gasteiger charge is 2.15. The van der Waals surface area contributed by atoms with Crippen molar-refractivity contribution in [1.82, 2.24) is 15.0 Å². The van der Waals surface area contributed by atoms with Gasteiger partial charge in [-0.25, -0.2) is 9.97 Å². The molecular weight excluding hydrogens is 438 g/mol. The lowest BCUT2D eigenvalue weighted by Gasteiger charge is -2.08. The molecule has 0 saturated heterocycles. The Morgan fingerprint density at radius 2 is 2.03 bits per heavy atom. The van der Waals surface area contributed by atoms with E-state index in [0.29, 0.717) is 23.1 Å². The summed E-state index contributed by atoms with van der Waals surface area (Å²) < 4.78 is 5.46. The topological polar surface area (TPSA) is 67.9 Å². The summed E-state index contributed by atoms with van der Waals surface area (Å²) in [6, 6.07) is 9.37. The molecule has 1 aromatic carbocycles. The maximum absolute atomic E-state index is 12.3. The summed E-state index contributed by atoms with van der Waals surface area (Å²) >= 11 is 9.24. The van der Waals surface area contributed by atoms with Crippen molar-refractivity contribution in [3.63, 3.8) is 0 Å². The van der Waals surface area contributed by atoms with Crippen LogP contribution in [0.2, 0.25) is 5.02 Å². The largest absolute Gasteiger partial charge is 0.488 e. The van der Waals surface area contributed by atoms with Gasteiger partial charge in [0.2, 0.25) is 5.43 Å². The second-order valence-corrected chi connectivity index (χ2v) is 8.99. The Balaban J connectivity index is 1.64.